The molecular formula is C17H27FN2. The molecular weight excluding hydrogens is 251 g/mol. The zero-order chi connectivity index (χ0) is 14.8. The Hall–Kier alpha value is -0.930. The normalized spacial score (nSPS) is 25.3. The first-order valence-corrected chi connectivity index (χ1v) is 7.62. The summed E-state index contributed by atoms with van der Waals surface area (Å²) in [5.74, 6) is -0.100. The largest absolute Gasteiger partial charge is 0.312 e. The van der Waals surface area contributed by atoms with E-state index in [0.29, 0.717) is 24.0 Å². The number of nitrogens with zero attached hydrogens (tertiary/aromatic N) is 1. The molecule has 0 spiro atoms. The fourth-order valence-corrected chi connectivity index (χ4v) is 3.48. The molecule has 1 fully saturated rings. The number of benzene rings is 1. The first-order chi connectivity index (χ1) is 9.45. The minimum absolute atomic E-state index is 0.100. The molecule has 1 aromatic rings. The molecule has 20 heavy (non-hydrogen) atoms. The van der Waals surface area contributed by atoms with E-state index in [0.717, 1.165) is 12.1 Å². The molecule has 1 aliphatic rings. The van der Waals surface area contributed by atoms with Gasteiger partial charge in [0, 0.05) is 24.2 Å². The maximum Gasteiger partial charge on any atom is 0.127 e. The molecule has 2 atom stereocenters. The summed E-state index contributed by atoms with van der Waals surface area (Å²) < 4.78 is 13.8. The summed E-state index contributed by atoms with van der Waals surface area (Å²) in [7, 11) is 2.11. The third-order valence-electron chi connectivity index (χ3n) is 4.68. The molecule has 0 bridgehead atoms. The zero-order valence-electron chi connectivity index (χ0n) is 13.1. The minimum atomic E-state index is -0.100. The molecule has 3 heteroatoms. The van der Waals surface area contributed by atoms with Crippen molar-refractivity contribution >= 4 is 0 Å². The van der Waals surface area contributed by atoms with Gasteiger partial charge in [0.25, 0.3) is 0 Å². The molecule has 0 amide bonds. The van der Waals surface area contributed by atoms with Crippen LogP contribution in [0.4, 0.5) is 4.39 Å². The van der Waals surface area contributed by atoms with E-state index in [1.807, 2.05) is 12.1 Å². The molecule has 112 valence electrons. The van der Waals surface area contributed by atoms with Crippen LogP contribution in [0.2, 0.25) is 0 Å². The van der Waals surface area contributed by atoms with Crippen LogP contribution >= 0.6 is 0 Å². The Morgan fingerprint density at radius 3 is 2.70 bits per heavy atom. The van der Waals surface area contributed by atoms with Crippen LogP contribution in [0.25, 0.3) is 0 Å². The Balaban J connectivity index is 2.09. The number of hydrogen-bond acceptors (Lipinski definition) is 2. The van der Waals surface area contributed by atoms with Crippen LogP contribution < -0.4 is 5.32 Å². The van der Waals surface area contributed by atoms with Crippen molar-refractivity contribution in [3.8, 4) is 0 Å². The lowest BCUT2D eigenvalue weighted by Gasteiger charge is -2.36. The zero-order valence-corrected chi connectivity index (χ0v) is 13.1. The van der Waals surface area contributed by atoms with Crippen LogP contribution in [0, 0.1) is 11.2 Å². The molecule has 2 rings (SSSR count). The smallest absolute Gasteiger partial charge is 0.127 e. The van der Waals surface area contributed by atoms with Gasteiger partial charge in [0.05, 0.1) is 0 Å². The lowest BCUT2D eigenvalue weighted by molar-refractivity contribution is 0.165. The van der Waals surface area contributed by atoms with Gasteiger partial charge in [0.2, 0.25) is 0 Å². The number of halogens is 1. The van der Waals surface area contributed by atoms with Gasteiger partial charge in [-0.1, -0.05) is 39.0 Å². The number of hydrogen-bond donors (Lipinski definition) is 1. The van der Waals surface area contributed by atoms with Crippen molar-refractivity contribution < 1.29 is 4.39 Å². The molecule has 0 aromatic heterocycles. The highest BCUT2D eigenvalue weighted by molar-refractivity contribution is 5.17. The van der Waals surface area contributed by atoms with Gasteiger partial charge in [0.1, 0.15) is 5.82 Å². The van der Waals surface area contributed by atoms with Gasteiger partial charge >= 0.3 is 0 Å². The van der Waals surface area contributed by atoms with Crippen LogP contribution in [-0.2, 0) is 6.54 Å². The average molecular weight is 278 g/mol. The van der Waals surface area contributed by atoms with Crippen molar-refractivity contribution in [2.24, 2.45) is 5.41 Å². The van der Waals surface area contributed by atoms with Gasteiger partial charge in [-0.15, -0.1) is 0 Å². The van der Waals surface area contributed by atoms with Crippen LogP contribution in [0.15, 0.2) is 24.3 Å². The Labute approximate surface area is 122 Å². The van der Waals surface area contributed by atoms with E-state index in [1.165, 1.54) is 12.8 Å². The van der Waals surface area contributed by atoms with Gasteiger partial charge < -0.3 is 5.32 Å². The fraction of sp³-hybridized carbons (Fsp3) is 0.647. The van der Waals surface area contributed by atoms with Crippen molar-refractivity contribution in [1.29, 1.82) is 0 Å². The fourth-order valence-electron chi connectivity index (χ4n) is 3.48. The molecule has 0 heterocycles. The van der Waals surface area contributed by atoms with E-state index < -0.39 is 0 Å². The Morgan fingerprint density at radius 1 is 1.35 bits per heavy atom. The summed E-state index contributed by atoms with van der Waals surface area (Å²) in [6.07, 6.45) is 2.40. The maximum atomic E-state index is 13.8. The molecule has 0 radical (unpaired) electrons. The molecule has 1 saturated carbocycles. The van der Waals surface area contributed by atoms with Crippen molar-refractivity contribution in [3.63, 3.8) is 0 Å². The lowest BCUT2D eigenvalue weighted by atomic mass is 9.86. The van der Waals surface area contributed by atoms with Crippen molar-refractivity contribution in [2.45, 2.75) is 52.2 Å². The molecule has 0 saturated heterocycles. The summed E-state index contributed by atoms with van der Waals surface area (Å²) >= 11 is 0. The highest BCUT2D eigenvalue weighted by Gasteiger charge is 2.42. The summed E-state index contributed by atoms with van der Waals surface area (Å²) in [5, 5.41) is 3.63. The van der Waals surface area contributed by atoms with E-state index >= 15 is 0 Å². The van der Waals surface area contributed by atoms with E-state index in [9.17, 15) is 4.39 Å². The molecule has 2 nitrogen and oxygen atoms in total. The monoisotopic (exact) mass is 278 g/mol. The summed E-state index contributed by atoms with van der Waals surface area (Å²) in [4.78, 5) is 2.31. The Bertz CT molecular complexity index is 444. The third-order valence-corrected chi connectivity index (χ3v) is 4.68. The lowest BCUT2D eigenvalue weighted by Crippen LogP contribution is -2.50. The van der Waals surface area contributed by atoms with Crippen LogP contribution in [0.1, 0.15) is 39.2 Å². The van der Waals surface area contributed by atoms with Crippen molar-refractivity contribution in [2.75, 3.05) is 13.6 Å². The highest BCUT2D eigenvalue weighted by Crippen LogP contribution is 2.39. The number of likely N-dealkylation sites (N-methyl/N-ethyl adjacent to an activating group) is 2. The molecule has 1 aromatic carbocycles. The van der Waals surface area contributed by atoms with Gasteiger partial charge in [-0.2, -0.15) is 0 Å². The average Bonchev–Trinajstić information content (AvgIpc) is 2.69. The van der Waals surface area contributed by atoms with Gasteiger partial charge in [-0.3, -0.25) is 4.90 Å². The van der Waals surface area contributed by atoms with Crippen LogP contribution in [-0.4, -0.2) is 30.6 Å². The SMILES string of the molecule is CCNC1C(N(C)Cc2ccccc2F)CCC1(C)C. The van der Waals surface area contributed by atoms with E-state index in [-0.39, 0.29) is 5.82 Å². The van der Waals surface area contributed by atoms with E-state index in [4.69, 9.17) is 0 Å². The second-order valence-corrected chi connectivity index (χ2v) is 6.64. The minimum Gasteiger partial charge on any atom is -0.312 e. The topological polar surface area (TPSA) is 15.3 Å². The van der Waals surface area contributed by atoms with Gasteiger partial charge in [-0.25, -0.2) is 4.39 Å². The quantitative estimate of drug-likeness (QED) is 0.888. The van der Waals surface area contributed by atoms with Crippen LogP contribution in [0.3, 0.4) is 0 Å². The second kappa shape index (κ2) is 6.23. The number of nitrogens with one attached hydrogen (secondary N) is 1. The van der Waals surface area contributed by atoms with E-state index in [2.05, 4.69) is 38.0 Å². The Kier molecular flexibility index (Phi) is 4.82. The van der Waals surface area contributed by atoms with E-state index in [1.54, 1.807) is 12.1 Å². The first kappa shape index (κ1) is 15.5. The van der Waals surface area contributed by atoms with Gasteiger partial charge in [-0.05, 0) is 37.9 Å². The first-order valence-electron chi connectivity index (χ1n) is 7.62. The summed E-state index contributed by atoms with van der Waals surface area (Å²) in [6, 6.07) is 8.04. The molecule has 2 unspecified atom stereocenters. The molecule has 1 N–H and O–H groups in total. The highest BCUT2D eigenvalue weighted by atomic mass is 19.1. The molecule has 0 aliphatic heterocycles. The maximum absolute atomic E-state index is 13.8. The summed E-state index contributed by atoms with van der Waals surface area (Å²) in [6.45, 7) is 8.48. The van der Waals surface area contributed by atoms with Gasteiger partial charge in [0.15, 0.2) is 0 Å². The molecule has 1 aliphatic carbocycles. The second-order valence-electron chi connectivity index (χ2n) is 6.64. The third kappa shape index (κ3) is 3.21. The van der Waals surface area contributed by atoms with Crippen molar-refractivity contribution in [3.05, 3.63) is 35.6 Å². The van der Waals surface area contributed by atoms with Crippen molar-refractivity contribution in [1.82, 2.24) is 10.2 Å². The summed E-state index contributed by atoms with van der Waals surface area (Å²) in [5.41, 5.74) is 1.10. The Morgan fingerprint density at radius 2 is 2.05 bits per heavy atom. The standard InChI is InChI=1S/C17H27FN2/c1-5-19-16-15(10-11-17(16,2)3)20(4)12-13-8-6-7-9-14(13)18/h6-9,15-16,19H,5,10-12H2,1-4H3. The predicted molar refractivity (Wildman–Crippen MR) is 82.1 cm³/mol. The number of rotatable bonds is 5. The van der Waals surface area contributed by atoms with Crippen LogP contribution in [0.5, 0.6) is 0 Å². The predicted octanol–water partition coefficient (Wildman–Crippen LogP) is 3.42.